The van der Waals surface area contributed by atoms with Crippen molar-refractivity contribution in [2.45, 2.75) is 107 Å². The van der Waals surface area contributed by atoms with Gasteiger partial charge in [0.05, 0.1) is 31.8 Å². The van der Waals surface area contributed by atoms with Crippen LogP contribution in [-0.2, 0) is 18.9 Å². The Bertz CT molecular complexity index is 564. The van der Waals surface area contributed by atoms with Gasteiger partial charge in [-0.05, 0) is 37.5 Å². The van der Waals surface area contributed by atoms with E-state index in [4.69, 9.17) is 25.5 Å². The van der Waals surface area contributed by atoms with E-state index in [1.54, 1.807) is 0 Å². The van der Waals surface area contributed by atoms with E-state index in [1.807, 2.05) is 0 Å². The highest BCUT2D eigenvalue weighted by atomic mass is 16.6. The van der Waals surface area contributed by atoms with E-state index in [2.05, 4.69) is 10.9 Å². The number of hydrogen-bond donors (Lipinski definition) is 0. The molecular formula is C24H36N2O4. The van der Waals surface area contributed by atoms with Gasteiger partial charge in [-0.15, -0.1) is 0 Å². The maximum atomic E-state index is 9.31. The van der Waals surface area contributed by atoms with Crippen LogP contribution in [0.3, 0.4) is 0 Å². The van der Waals surface area contributed by atoms with Crippen molar-refractivity contribution in [2.24, 2.45) is 11.8 Å². The Balaban J connectivity index is 1.34. The summed E-state index contributed by atoms with van der Waals surface area (Å²) >= 11 is 0. The number of nitrogens with zero attached hydrogens (tertiary/aromatic N) is 2. The predicted octanol–water partition coefficient (Wildman–Crippen LogP) is 4.29. The molecule has 2 heterocycles. The van der Waals surface area contributed by atoms with Crippen LogP contribution in [0.1, 0.15) is 70.6 Å². The van der Waals surface area contributed by atoms with Crippen LogP contribution >= 0.6 is 0 Å². The third-order valence-electron chi connectivity index (χ3n) is 7.58. The summed E-state index contributed by atoms with van der Waals surface area (Å²) in [6.45, 7) is 8.78. The third-order valence-corrected chi connectivity index (χ3v) is 7.58. The Morgan fingerprint density at radius 3 is 1.83 bits per heavy atom. The van der Waals surface area contributed by atoms with Crippen LogP contribution in [0.2, 0.25) is 0 Å². The molecule has 166 valence electrons. The van der Waals surface area contributed by atoms with Crippen LogP contribution in [0.25, 0.3) is 4.85 Å². The first-order chi connectivity index (χ1) is 14.8. The van der Waals surface area contributed by atoms with Crippen LogP contribution in [0.15, 0.2) is 0 Å². The molecule has 6 nitrogen and oxygen atoms in total. The van der Waals surface area contributed by atoms with E-state index in [0.29, 0.717) is 38.0 Å². The maximum Gasteiger partial charge on any atom is 0.240 e. The topological polar surface area (TPSA) is 65.1 Å². The zero-order chi connectivity index (χ0) is 20.8. The van der Waals surface area contributed by atoms with Gasteiger partial charge in [0.25, 0.3) is 0 Å². The molecule has 0 aromatic heterocycles. The maximum absolute atomic E-state index is 9.31. The zero-order valence-corrected chi connectivity index (χ0v) is 18.0. The molecule has 2 aliphatic carbocycles. The molecule has 2 saturated heterocycles. The van der Waals surface area contributed by atoms with Gasteiger partial charge in [-0.2, -0.15) is 5.26 Å². The average molecular weight is 417 g/mol. The summed E-state index contributed by atoms with van der Waals surface area (Å²) in [5, 5.41) is 9.31. The molecule has 0 radical (unpaired) electrons. The minimum absolute atomic E-state index is 0.0210. The second-order valence-electron chi connectivity index (χ2n) is 9.52. The fourth-order valence-electron chi connectivity index (χ4n) is 5.93. The number of nitriles is 1. The second-order valence-corrected chi connectivity index (χ2v) is 9.52. The average Bonchev–Trinajstić information content (AvgIpc) is 3.37. The van der Waals surface area contributed by atoms with E-state index in [-0.39, 0.29) is 36.6 Å². The molecule has 4 aliphatic rings. The van der Waals surface area contributed by atoms with E-state index in [1.165, 1.54) is 38.5 Å². The lowest BCUT2D eigenvalue weighted by molar-refractivity contribution is -0.104. The second kappa shape index (κ2) is 10.9. The van der Waals surface area contributed by atoms with E-state index < -0.39 is 0 Å². The van der Waals surface area contributed by atoms with E-state index >= 15 is 0 Å². The molecule has 0 aromatic rings. The van der Waals surface area contributed by atoms with Crippen molar-refractivity contribution in [3.63, 3.8) is 0 Å². The van der Waals surface area contributed by atoms with Crippen molar-refractivity contribution >= 4 is 0 Å². The first-order valence-electron chi connectivity index (χ1n) is 12.0. The molecule has 2 aliphatic heterocycles. The lowest BCUT2D eigenvalue weighted by Gasteiger charge is -2.31. The zero-order valence-electron chi connectivity index (χ0n) is 18.0. The molecule has 0 bridgehead atoms. The van der Waals surface area contributed by atoms with Crippen LogP contribution in [0, 0.1) is 29.7 Å². The van der Waals surface area contributed by atoms with Gasteiger partial charge in [0, 0.05) is 0 Å². The first kappa shape index (κ1) is 22.0. The van der Waals surface area contributed by atoms with Gasteiger partial charge in [-0.3, -0.25) is 0 Å². The molecule has 6 atom stereocenters. The fourth-order valence-corrected chi connectivity index (χ4v) is 5.93. The Kier molecular flexibility index (Phi) is 8.01. The molecular weight excluding hydrogens is 380 g/mol. The molecule has 4 rings (SSSR count). The van der Waals surface area contributed by atoms with Crippen LogP contribution in [0.4, 0.5) is 0 Å². The Labute approximate surface area is 181 Å². The summed E-state index contributed by atoms with van der Waals surface area (Å²) in [4.78, 5) is 3.65. The van der Waals surface area contributed by atoms with Gasteiger partial charge >= 0.3 is 0 Å². The van der Waals surface area contributed by atoms with Crippen molar-refractivity contribution < 1.29 is 18.9 Å². The highest BCUT2D eigenvalue weighted by Gasteiger charge is 2.51. The normalized spacial score (nSPS) is 34.7. The summed E-state index contributed by atoms with van der Waals surface area (Å²) in [5.74, 6) is 0.951. The van der Waals surface area contributed by atoms with E-state index in [9.17, 15) is 5.26 Å². The van der Waals surface area contributed by atoms with E-state index in [0.717, 1.165) is 25.7 Å². The van der Waals surface area contributed by atoms with Gasteiger partial charge in [0.15, 0.2) is 0 Å². The van der Waals surface area contributed by atoms with Crippen LogP contribution in [-0.4, -0.2) is 56.4 Å². The molecule has 30 heavy (non-hydrogen) atoms. The number of hydrogen-bond acceptors (Lipinski definition) is 5. The minimum atomic E-state index is -0.127. The van der Waals surface area contributed by atoms with Gasteiger partial charge in [0.2, 0.25) is 6.54 Å². The smallest absolute Gasteiger partial charge is 0.240 e. The lowest BCUT2D eigenvalue weighted by Crippen LogP contribution is -2.40. The quantitative estimate of drug-likeness (QED) is 0.553. The van der Waals surface area contributed by atoms with Crippen molar-refractivity contribution in [1.82, 2.24) is 0 Å². The SMILES string of the molecule is [C-]#[N+]CC(O[C@@H]1COC2C1OC[C@@H]2OC(CC#N)C1CCCCC1)C1CCCCC1. The summed E-state index contributed by atoms with van der Waals surface area (Å²) in [6.07, 6.45) is 12.1. The molecule has 2 saturated carbocycles. The molecule has 6 heteroatoms. The number of ether oxygens (including phenoxy) is 4. The summed E-state index contributed by atoms with van der Waals surface area (Å²) in [5.41, 5.74) is 0. The lowest BCUT2D eigenvalue weighted by atomic mass is 9.84. The molecule has 0 amide bonds. The van der Waals surface area contributed by atoms with Gasteiger partial charge < -0.3 is 23.8 Å². The molecule has 0 aromatic carbocycles. The van der Waals surface area contributed by atoms with Gasteiger partial charge in [-0.1, -0.05) is 38.5 Å². The van der Waals surface area contributed by atoms with Gasteiger partial charge in [0.1, 0.15) is 30.5 Å². The molecule has 4 fully saturated rings. The minimum Gasteiger partial charge on any atom is -0.370 e. The van der Waals surface area contributed by atoms with Gasteiger partial charge in [-0.25, -0.2) is 6.57 Å². The third kappa shape index (κ3) is 5.17. The largest absolute Gasteiger partial charge is 0.370 e. The standard InChI is InChI=1S/C24H36N2O4/c1-26-14-20(18-10-6-3-7-11-18)30-22-16-28-23-21(15-27-24(22)23)29-19(12-13-25)17-8-4-2-5-9-17/h17-24H,2-12,14-16H2/t19?,20?,21-,22+,23?,24?/m0/s1. The van der Waals surface area contributed by atoms with Crippen molar-refractivity contribution in [2.75, 3.05) is 19.8 Å². The summed E-state index contributed by atoms with van der Waals surface area (Å²) < 4.78 is 25.1. The number of fused-ring (bicyclic) bond motifs is 1. The Morgan fingerprint density at radius 1 is 0.833 bits per heavy atom. The van der Waals surface area contributed by atoms with Crippen molar-refractivity contribution in [3.8, 4) is 6.07 Å². The highest BCUT2D eigenvalue weighted by molar-refractivity contribution is 4.98. The van der Waals surface area contributed by atoms with Crippen molar-refractivity contribution in [1.29, 1.82) is 5.26 Å². The first-order valence-corrected chi connectivity index (χ1v) is 12.0. The van der Waals surface area contributed by atoms with Crippen LogP contribution in [0.5, 0.6) is 0 Å². The van der Waals surface area contributed by atoms with Crippen molar-refractivity contribution in [3.05, 3.63) is 11.4 Å². The molecule has 0 spiro atoms. The monoisotopic (exact) mass is 416 g/mol. The fraction of sp³-hybridized carbons (Fsp3) is 0.917. The molecule has 0 N–H and O–H groups in total. The summed E-state index contributed by atoms with van der Waals surface area (Å²) in [6, 6.07) is 2.32. The van der Waals surface area contributed by atoms with Crippen LogP contribution < -0.4 is 0 Å². The summed E-state index contributed by atoms with van der Waals surface area (Å²) in [7, 11) is 0. The number of rotatable bonds is 8. The molecule has 4 unspecified atom stereocenters. The predicted molar refractivity (Wildman–Crippen MR) is 112 cm³/mol. The Hall–Kier alpha value is -1.18. The highest BCUT2D eigenvalue weighted by Crippen LogP contribution is 2.37. The Morgan fingerprint density at radius 2 is 1.33 bits per heavy atom.